The molecule has 9 nitrogen and oxygen atoms in total. The smallest absolute Gasteiger partial charge is 0.245 e. The first-order valence-electron chi connectivity index (χ1n) is 7.44. The summed E-state index contributed by atoms with van der Waals surface area (Å²) in [6.45, 7) is 2.02. The number of rotatable bonds is 5. The lowest BCUT2D eigenvalue weighted by Crippen LogP contribution is -2.03. The Balaban J connectivity index is 1.64. The van der Waals surface area contributed by atoms with Crippen LogP contribution in [0.25, 0.3) is 11.3 Å². The predicted molar refractivity (Wildman–Crippen MR) is 91.8 cm³/mol. The quantitative estimate of drug-likeness (QED) is 0.422. The van der Waals surface area contributed by atoms with Gasteiger partial charge in [0.25, 0.3) is 0 Å². The highest BCUT2D eigenvalue weighted by Crippen LogP contribution is 2.23. The van der Waals surface area contributed by atoms with Gasteiger partial charge in [0.2, 0.25) is 11.3 Å². The molecular weight excluding hydrogens is 322 g/mol. The Morgan fingerprint density at radius 3 is 2.48 bits per heavy atom. The molecule has 4 aromatic rings. The summed E-state index contributed by atoms with van der Waals surface area (Å²) < 4.78 is 9.86. The summed E-state index contributed by atoms with van der Waals surface area (Å²) >= 11 is 0. The monoisotopic (exact) mass is 335 g/mol. The molecule has 0 aliphatic carbocycles. The van der Waals surface area contributed by atoms with E-state index in [4.69, 9.17) is 4.42 Å². The third kappa shape index (κ3) is 3.29. The Labute approximate surface area is 141 Å². The lowest BCUT2D eigenvalue weighted by molar-refractivity contribution is 0.314. The average Bonchev–Trinajstić information content (AvgIpc) is 3.28. The van der Waals surface area contributed by atoms with E-state index in [1.54, 1.807) is 18.4 Å². The largest absolute Gasteiger partial charge is 0.463 e. The van der Waals surface area contributed by atoms with Crippen molar-refractivity contribution in [2.45, 2.75) is 6.92 Å². The number of fused-ring (bicyclic) bond motifs is 1. The number of aromatic nitrogens is 4. The van der Waals surface area contributed by atoms with E-state index in [0.29, 0.717) is 23.0 Å². The second-order valence-electron chi connectivity index (χ2n) is 5.21. The Hall–Kier alpha value is -3.75. The van der Waals surface area contributed by atoms with Gasteiger partial charge in [0.15, 0.2) is 11.6 Å². The molecule has 0 aliphatic heterocycles. The fraction of sp³-hybridized carbons (Fsp3) is 0.0625. The van der Waals surface area contributed by atoms with Crippen LogP contribution in [-0.2, 0) is 0 Å². The second kappa shape index (κ2) is 6.40. The lowest BCUT2D eigenvalue weighted by atomic mass is 10.2. The molecule has 3 heterocycles. The molecule has 0 amide bonds. The predicted octanol–water partition coefficient (Wildman–Crippen LogP) is 3.10. The third-order valence-corrected chi connectivity index (χ3v) is 3.33. The molecule has 0 aliphatic rings. The summed E-state index contributed by atoms with van der Waals surface area (Å²) in [5, 5.41) is 14.7. The first-order chi connectivity index (χ1) is 12.3. The molecule has 0 fully saturated rings. The molecule has 0 saturated carbocycles. The van der Waals surface area contributed by atoms with Crippen molar-refractivity contribution in [1.82, 2.24) is 20.3 Å². The van der Waals surface area contributed by atoms with Crippen molar-refractivity contribution >= 4 is 34.8 Å². The molecule has 3 aromatic heterocycles. The summed E-state index contributed by atoms with van der Waals surface area (Å²) in [7, 11) is 0. The van der Waals surface area contributed by atoms with Gasteiger partial charge in [0, 0.05) is 5.69 Å². The second-order valence-corrected chi connectivity index (χ2v) is 5.21. The van der Waals surface area contributed by atoms with Crippen LogP contribution in [0, 0.1) is 6.92 Å². The Morgan fingerprint density at radius 2 is 1.76 bits per heavy atom. The highest BCUT2D eigenvalue weighted by atomic mass is 16.6. The summed E-state index contributed by atoms with van der Waals surface area (Å²) in [5.41, 5.74) is 5.43. The molecule has 9 heteroatoms. The van der Waals surface area contributed by atoms with Crippen LogP contribution in [0.4, 0.5) is 17.3 Å². The van der Waals surface area contributed by atoms with Crippen molar-refractivity contribution in [3.05, 3.63) is 54.0 Å². The van der Waals surface area contributed by atoms with Crippen LogP contribution in [0.5, 0.6) is 0 Å². The minimum absolute atomic E-state index is 0.283. The van der Waals surface area contributed by atoms with Gasteiger partial charge in [-0.25, -0.2) is 9.61 Å². The molecule has 4 rings (SSSR count). The van der Waals surface area contributed by atoms with Crippen LogP contribution in [0.1, 0.15) is 11.3 Å². The number of aryl methyl sites for hydroxylation is 1. The maximum Gasteiger partial charge on any atom is 0.245 e. The van der Waals surface area contributed by atoms with Crippen molar-refractivity contribution in [3.8, 4) is 0 Å². The van der Waals surface area contributed by atoms with Crippen LogP contribution in [0.15, 0.2) is 56.8 Å². The molecule has 0 bridgehead atoms. The minimum Gasteiger partial charge on any atom is -0.463 e. The zero-order chi connectivity index (χ0) is 17.1. The van der Waals surface area contributed by atoms with Crippen molar-refractivity contribution in [1.29, 1.82) is 0 Å². The van der Waals surface area contributed by atoms with Gasteiger partial charge in [-0.15, -0.1) is 0 Å². The fourth-order valence-electron chi connectivity index (χ4n) is 2.10. The number of furan rings is 1. The normalized spacial score (nSPS) is 11.2. The SMILES string of the molecule is Cc1ccc(Nc2nc3nonc3nc2N/N=C/c2ccco2)cc1. The van der Waals surface area contributed by atoms with Gasteiger partial charge in [-0.3, -0.25) is 5.43 Å². The van der Waals surface area contributed by atoms with Crippen LogP contribution in [-0.4, -0.2) is 26.5 Å². The number of anilines is 3. The van der Waals surface area contributed by atoms with Gasteiger partial charge >= 0.3 is 0 Å². The molecule has 25 heavy (non-hydrogen) atoms. The number of nitrogens with zero attached hydrogens (tertiary/aromatic N) is 5. The third-order valence-electron chi connectivity index (χ3n) is 3.33. The van der Waals surface area contributed by atoms with Crippen molar-refractivity contribution in [2.24, 2.45) is 5.10 Å². The van der Waals surface area contributed by atoms with E-state index in [9.17, 15) is 0 Å². The van der Waals surface area contributed by atoms with Gasteiger partial charge in [-0.05, 0) is 41.5 Å². The summed E-state index contributed by atoms with van der Waals surface area (Å²) in [6, 6.07) is 11.4. The molecule has 0 saturated heterocycles. The van der Waals surface area contributed by atoms with Gasteiger partial charge in [-0.2, -0.15) is 10.1 Å². The summed E-state index contributed by atoms with van der Waals surface area (Å²) in [5.74, 6) is 1.44. The molecule has 0 radical (unpaired) electrons. The number of benzene rings is 1. The standard InChI is InChI=1S/C16H13N7O2/c1-10-4-6-11(7-5-10)18-13-14(20-16-15(19-13)22-25-23-16)21-17-9-12-3-2-8-24-12/h2-9H,1H3,(H,18,19,22)(H,20,21,23)/b17-9+. The Morgan fingerprint density at radius 1 is 1.00 bits per heavy atom. The topological polar surface area (TPSA) is 114 Å². The summed E-state index contributed by atoms with van der Waals surface area (Å²) in [6.07, 6.45) is 3.10. The summed E-state index contributed by atoms with van der Waals surface area (Å²) in [4.78, 5) is 8.69. The average molecular weight is 335 g/mol. The molecule has 0 spiro atoms. The van der Waals surface area contributed by atoms with Crippen molar-refractivity contribution in [2.75, 3.05) is 10.7 Å². The Bertz CT molecular complexity index is 1010. The molecule has 2 N–H and O–H groups in total. The molecule has 0 atom stereocenters. The zero-order valence-electron chi connectivity index (χ0n) is 13.2. The van der Waals surface area contributed by atoms with E-state index >= 15 is 0 Å². The number of hydrogen-bond donors (Lipinski definition) is 2. The van der Waals surface area contributed by atoms with Gasteiger partial charge in [0.05, 0.1) is 12.5 Å². The number of hydrazone groups is 1. The van der Waals surface area contributed by atoms with E-state index < -0.39 is 0 Å². The fourth-order valence-corrected chi connectivity index (χ4v) is 2.10. The van der Waals surface area contributed by atoms with E-state index in [1.807, 2.05) is 31.2 Å². The van der Waals surface area contributed by atoms with Crippen molar-refractivity contribution in [3.63, 3.8) is 0 Å². The molecule has 1 aromatic carbocycles. The van der Waals surface area contributed by atoms with E-state index in [0.717, 1.165) is 11.3 Å². The molecule has 124 valence electrons. The Kier molecular flexibility index (Phi) is 3.79. The maximum absolute atomic E-state index is 5.19. The van der Waals surface area contributed by atoms with Gasteiger partial charge in [0.1, 0.15) is 5.76 Å². The zero-order valence-corrected chi connectivity index (χ0v) is 13.2. The van der Waals surface area contributed by atoms with Crippen LogP contribution >= 0.6 is 0 Å². The first-order valence-corrected chi connectivity index (χ1v) is 7.44. The number of nitrogens with one attached hydrogen (secondary N) is 2. The van der Waals surface area contributed by atoms with E-state index in [2.05, 4.69) is 40.8 Å². The number of hydrogen-bond acceptors (Lipinski definition) is 9. The highest BCUT2D eigenvalue weighted by molar-refractivity contribution is 5.79. The van der Waals surface area contributed by atoms with Crippen LogP contribution in [0.2, 0.25) is 0 Å². The van der Waals surface area contributed by atoms with Gasteiger partial charge < -0.3 is 9.73 Å². The first kappa shape index (κ1) is 14.8. The van der Waals surface area contributed by atoms with E-state index in [1.165, 1.54) is 6.21 Å². The van der Waals surface area contributed by atoms with Crippen LogP contribution in [0.3, 0.4) is 0 Å². The molecule has 0 unspecified atom stereocenters. The maximum atomic E-state index is 5.19. The highest BCUT2D eigenvalue weighted by Gasteiger charge is 2.12. The van der Waals surface area contributed by atoms with Gasteiger partial charge in [-0.1, -0.05) is 17.7 Å². The van der Waals surface area contributed by atoms with E-state index in [-0.39, 0.29) is 5.65 Å². The van der Waals surface area contributed by atoms with Crippen molar-refractivity contribution < 1.29 is 9.05 Å². The lowest BCUT2D eigenvalue weighted by Gasteiger charge is -2.09. The minimum atomic E-state index is 0.283. The van der Waals surface area contributed by atoms with Crippen LogP contribution < -0.4 is 10.7 Å². The molecular formula is C16H13N7O2.